The molecule has 1 aromatic heterocycles. The first-order valence-corrected chi connectivity index (χ1v) is 7.44. The number of aromatic nitrogens is 2. The lowest BCUT2D eigenvalue weighted by Crippen LogP contribution is -2.36. The molecule has 0 radical (unpaired) electrons. The summed E-state index contributed by atoms with van der Waals surface area (Å²) in [5.74, 6) is 0.497. The molecule has 8 heteroatoms. The Hall–Kier alpha value is -1.05. The Morgan fingerprint density at radius 3 is 3.00 bits per heavy atom. The summed E-state index contributed by atoms with van der Waals surface area (Å²) in [5.41, 5.74) is -0.115. The molecule has 0 bridgehead atoms. The Kier molecular flexibility index (Phi) is 7.04. The average molecular weight is 319 g/mol. The number of hydrogen-bond acceptors (Lipinski definition) is 5. The summed E-state index contributed by atoms with van der Waals surface area (Å²) in [7, 11) is 0. The van der Waals surface area contributed by atoms with E-state index in [1.165, 1.54) is 18.0 Å². The molecule has 1 aliphatic rings. The molecule has 0 unspecified atom stereocenters. The van der Waals surface area contributed by atoms with E-state index in [2.05, 4.69) is 22.5 Å². The van der Waals surface area contributed by atoms with Crippen LogP contribution < -0.4 is 16.2 Å². The van der Waals surface area contributed by atoms with Crippen LogP contribution in [0.25, 0.3) is 0 Å². The summed E-state index contributed by atoms with van der Waals surface area (Å²) in [5, 5.41) is 6.61. The maximum Gasteiger partial charge on any atom is 0.267 e. The first-order valence-electron chi connectivity index (χ1n) is 6.45. The molecule has 1 amide bonds. The number of nitrogens with zero attached hydrogens (tertiary/aromatic N) is 2. The molecule has 6 nitrogen and oxygen atoms in total. The van der Waals surface area contributed by atoms with Gasteiger partial charge in [-0.25, -0.2) is 4.98 Å². The molecule has 20 heavy (non-hydrogen) atoms. The topological polar surface area (TPSA) is 76.0 Å². The lowest BCUT2D eigenvalue weighted by atomic mass is 10.3. The largest absolute Gasteiger partial charge is 0.351 e. The highest BCUT2D eigenvalue weighted by Gasteiger charge is 2.19. The number of carbonyl (C=O) groups is 1. The molecule has 0 aliphatic carbocycles. The molecule has 2 N–H and O–H groups in total. The zero-order valence-electron chi connectivity index (χ0n) is 11.3. The van der Waals surface area contributed by atoms with Crippen molar-refractivity contribution < 1.29 is 4.79 Å². The van der Waals surface area contributed by atoms with Crippen molar-refractivity contribution in [2.24, 2.45) is 0 Å². The molecule has 2 heterocycles. The zero-order valence-corrected chi connectivity index (χ0v) is 13.0. The van der Waals surface area contributed by atoms with Gasteiger partial charge in [-0.05, 0) is 13.0 Å². The molecular weight excluding hydrogens is 300 g/mol. The molecule has 0 fully saturated rings. The molecule has 0 saturated heterocycles. The monoisotopic (exact) mass is 318 g/mol. The number of thioether (sulfide) groups is 1. The van der Waals surface area contributed by atoms with Gasteiger partial charge in [-0.15, -0.1) is 12.4 Å². The maximum absolute atomic E-state index is 12.1. The molecule has 2 rings (SSSR count). The second-order valence-electron chi connectivity index (χ2n) is 4.27. The molecule has 0 aromatic carbocycles. The van der Waals surface area contributed by atoms with Crippen molar-refractivity contribution in [3.8, 4) is 0 Å². The van der Waals surface area contributed by atoms with E-state index in [9.17, 15) is 9.59 Å². The van der Waals surface area contributed by atoms with E-state index in [0.717, 1.165) is 18.7 Å². The van der Waals surface area contributed by atoms with Crippen LogP contribution in [0, 0.1) is 0 Å². The highest BCUT2D eigenvalue weighted by atomic mass is 35.5. The quantitative estimate of drug-likeness (QED) is 0.590. The normalized spacial score (nSPS) is 12.7. The lowest BCUT2D eigenvalue weighted by Gasteiger charge is -2.07. The minimum absolute atomic E-state index is 0. The van der Waals surface area contributed by atoms with E-state index in [1.54, 1.807) is 4.57 Å². The van der Waals surface area contributed by atoms with Gasteiger partial charge in [-0.3, -0.25) is 14.2 Å². The maximum atomic E-state index is 12.1. The summed E-state index contributed by atoms with van der Waals surface area (Å²) >= 11 is 1.54. The highest BCUT2D eigenvalue weighted by Crippen LogP contribution is 2.20. The fraction of sp³-hybridized carbons (Fsp3) is 0.583. The van der Waals surface area contributed by atoms with Crippen LogP contribution in [0.3, 0.4) is 0 Å². The van der Waals surface area contributed by atoms with E-state index < -0.39 is 0 Å². The van der Waals surface area contributed by atoms with Crippen molar-refractivity contribution in [3.05, 3.63) is 22.1 Å². The van der Waals surface area contributed by atoms with Crippen LogP contribution in [0.1, 0.15) is 23.7 Å². The molecule has 0 atom stereocenters. The van der Waals surface area contributed by atoms with E-state index in [1.807, 2.05) is 0 Å². The SMILES string of the molecule is CCCNCCNC(=O)c1cnc2n(c1=O)CCS2.Cl. The van der Waals surface area contributed by atoms with Gasteiger partial charge in [0.15, 0.2) is 5.16 Å². The Balaban J connectivity index is 0.00000200. The number of rotatable bonds is 6. The lowest BCUT2D eigenvalue weighted by molar-refractivity contribution is 0.0951. The van der Waals surface area contributed by atoms with Crippen LogP contribution in [0.5, 0.6) is 0 Å². The van der Waals surface area contributed by atoms with Gasteiger partial charge in [0.25, 0.3) is 11.5 Å². The number of amides is 1. The van der Waals surface area contributed by atoms with E-state index in [-0.39, 0.29) is 29.4 Å². The number of fused-ring (bicyclic) bond motifs is 1. The zero-order chi connectivity index (χ0) is 13.7. The Morgan fingerprint density at radius 2 is 2.25 bits per heavy atom. The molecule has 112 valence electrons. The van der Waals surface area contributed by atoms with Gasteiger partial charge in [0.1, 0.15) is 5.56 Å². The van der Waals surface area contributed by atoms with Crippen molar-refractivity contribution >= 4 is 30.1 Å². The fourth-order valence-electron chi connectivity index (χ4n) is 1.83. The van der Waals surface area contributed by atoms with E-state index in [0.29, 0.717) is 24.8 Å². The van der Waals surface area contributed by atoms with Gasteiger partial charge in [-0.1, -0.05) is 18.7 Å². The number of halogens is 1. The molecule has 1 aliphatic heterocycles. The summed E-state index contributed by atoms with van der Waals surface area (Å²) in [6.07, 6.45) is 2.43. The first kappa shape index (κ1) is 17.0. The van der Waals surface area contributed by atoms with Crippen LogP contribution >= 0.6 is 24.2 Å². The van der Waals surface area contributed by atoms with Crippen LogP contribution in [-0.2, 0) is 6.54 Å². The van der Waals surface area contributed by atoms with Gasteiger partial charge < -0.3 is 10.6 Å². The van der Waals surface area contributed by atoms with Crippen molar-refractivity contribution in [2.75, 3.05) is 25.4 Å². The van der Waals surface area contributed by atoms with E-state index in [4.69, 9.17) is 0 Å². The molecular formula is C12H19ClN4O2S. The van der Waals surface area contributed by atoms with Crippen molar-refractivity contribution in [1.82, 2.24) is 20.2 Å². The van der Waals surface area contributed by atoms with Crippen LogP contribution in [0.4, 0.5) is 0 Å². The molecule has 0 spiro atoms. The predicted molar refractivity (Wildman–Crippen MR) is 82.0 cm³/mol. The summed E-state index contributed by atoms with van der Waals surface area (Å²) in [4.78, 5) is 28.1. The average Bonchev–Trinajstić information content (AvgIpc) is 2.88. The number of carbonyl (C=O) groups excluding carboxylic acids is 1. The van der Waals surface area contributed by atoms with Gasteiger partial charge in [0.05, 0.1) is 0 Å². The van der Waals surface area contributed by atoms with Gasteiger partial charge in [0.2, 0.25) is 0 Å². The highest BCUT2D eigenvalue weighted by molar-refractivity contribution is 7.99. The number of nitrogens with one attached hydrogen (secondary N) is 2. The first-order chi connectivity index (χ1) is 9.24. The third-order valence-corrected chi connectivity index (χ3v) is 3.79. The second-order valence-corrected chi connectivity index (χ2v) is 5.33. The smallest absolute Gasteiger partial charge is 0.267 e. The van der Waals surface area contributed by atoms with Crippen LogP contribution in [0.15, 0.2) is 16.1 Å². The minimum atomic E-state index is -0.344. The molecule has 0 saturated carbocycles. The Labute approximate surface area is 128 Å². The third kappa shape index (κ3) is 3.97. The second kappa shape index (κ2) is 8.28. The summed E-state index contributed by atoms with van der Waals surface area (Å²) in [6, 6.07) is 0. The Bertz CT molecular complexity index is 521. The van der Waals surface area contributed by atoms with E-state index >= 15 is 0 Å². The number of hydrogen-bond donors (Lipinski definition) is 2. The predicted octanol–water partition coefficient (Wildman–Crippen LogP) is 0.500. The van der Waals surface area contributed by atoms with Gasteiger partial charge in [-0.2, -0.15) is 0 Å². The van der Waals surface area contributed by atoms with Crippen LogP contribution in [-0.4, -0.2) is 40.8 Å². The minimum Gasteiger partial charge on any atom is -0.351 e. The van der Waals surface area contributed by atoms with Crippen molar-refractivity contribution in [2.45, 2.75) is 25.0 Å². The molecule has 1 aromatic rings. The van der Waals surface area contributed by atoms with Crippen LogP contribution in [0.2, 0.25) is 0 Å². The summed E-state index contributed by atoms with van der Waals surface area (Å²) in [6.45, 7) is 4.85. The fourth-order valence-corrected chi connectivity index (χ4v) is 2.75. The van der Waals surface area contributed by atoms with Gasteiger partial charge in [0, 0.05) is 31.6 Å². The Morgan fingerprint density at radius 1 is 1.45 bits per heavy atom. The van der Waals surface area contributed by atoms with Gasteiger partial charge >= 0.3 is 0 Å². The van der Waals surface area contributed by atoms with Crippen molar-refractivity contribution in [1.29, 1.82) is 0 Å². The third-order valence-electron chi connectivity index (χ3n) is 2.82. The van der Waals surface area contributed by atoms with Crippen molar-refractivity contribution in [3.63, 3.8) is 0 Å². The standard InChI is InChI=1S/C12H18N4O2S.ClH/c1-2-3-13-4-5-14-10(17)9-8-15-12-16(11(9)18)6-7-19-12;/h8,13H,2-7H2,1H3,(H,14,17);1H. The summed E-state index contributed by atoms with van der Waals surface area (Å²) < 4.78 is 1.56.